The van der Waals surface area contributed by atoms with Gasteiger partial charge in [0, 0.05) is 6.54 Å². The topological polar surface area (TPSA) is 66.5 Å². The first-order chi connectivity index (χ1) is 8.83. The fourth-order valence-electron chi connectivity index (χ4n) is 2.02. The number of aryl methyl sites for hydroxylation is 1. The fraction of sp³-hybridized carbons (Fsp3) is 0.615. The monoisotopic (exact) mass is 247 g/mol. The quantitative estimate of drug-likeness (QED) is 0.738. The third-order valence-corrected chi connectivity index (χ3v) is 3.09. The van der Waals surface area contributed by atoms with E-state index in [1.54, 1.807) is 6.33 Å². The Morgan fingerprint density at radius 2 is 1.94 bits per heavy atom. The molecule has 2 aromatic heterocycles. The highest BCUT2D eigenvalue weighted by Gasteiger charge is 2.08. The van der Waals surface area contributed by atoms with Crippen LogP contribution in [-0.4, -0.2) is 26.7 Å². The fourth-order valence-corrected chi connectivity index (χ4v) is 2.02. The molecule has 0 amide bonds. The van der Waals surface area contributed by atoms with Crippen LogP contribution in [-0.2, 0) is 0 Å². The van der Waals surface area contributed by atoms with Crippen LogP contribution in [0.1, 0.15) is 44.7 Å². The molecule has 0 unspecified atom stereocenters. The third-order valence-electron chi connectivity index (χ3n) is 3.09. The van der Waals surface area contributed by atoms with Gasteiger partial charge in [0.15, 0.2) is 11.3 Å². The SMILES string of the molecule is CCCCCCCNc1ncnc2c(C)[nH]nc12. The van der Waals surface area contributed by atoms with Gasteiger partial charge in [-0.15, -0.1) is 0 Å². The van der Waals surface area contributed by atoms with Gasteiger partial charge in [0.2, 0.25) is 0 Å². The predicted octanol–water partition coefficient (Wildman–Crippen LogP) is 3.04. The van der Waals surface area contributed by atoms with Crippen molar-refractivity contribution in [2.75, 3.05) is 11.9 Å². The van der Waals surface area contributed by atoms with Crippen molar-refractivity contribution >= 4 is 16.9 Å². The van der Waals surface area contributed by atoms with Crippen LogP contribution in [0.2, 0.25) is 0 Å². The Balaban J connectivity index is 1.88. The summed E-state index contributed by atoms with van der Waals surface area (Å²) in [5.74, 6) is 0.833. The van der Waals surface area contributed by atoms with E-state index in [-0.39, 0.29) is 0 Å². The summed E-state index contributed by atoms with van der Waals surface area (Å²) in [5.41, 5.74) is 2.72. The van der Waals surface area contributed by atoms with Crippen molar-refractivity contribution in [1.82, 2.24) is 20.2 Å². The highest BCUT2D eigenvalue weighted by molar-refractivity contribution is 5.86. The molecule has 2 N–H and O–H groups in total. The second-order valence-electron chi connectivity index (χ2n) is 4.61. The lowest BCUT2D eigenvalue weighted by atomic mass is 10.1. The van der Waals surface area contributed by atoms with E-state index in [1.165, 1.54) is 32.1 Å². The van der Waals surface area contributed by atoms with E-state index in [0.29, 0.717) is 0 Å². The van der Waals surface area contributed by atoms with Crippen LogP contribution in [0.4, 0.5) is 5.82 Å². The second kappa shape index (κ2) is 6.33. The number of aromatic nitrogens is 4. The molecule has 0 aliphatic rings. The van der Waals surface area contributed by atoms with E-state index < -0.39 is 0 Å². The summed E-state index contributed by atoms with van der Waals surface area (Å²) in [5, 5.41) is 10.5. The minimum absolute atomic E-state index is 0.833. The number of fused-ring (bicyclic) bond motifs is 1. The Kier molecular flexibility index (Phi) is 4.50. The van der Waals surface area contributed by atoms with E-state index in [0.717, 1.165) is 29.1 Å². The van der Waals surface area contributed by atoms with Gasteiger partial charge in [-0.3, -0.25) is 5.10 Å². The first-order valence-corrected chi connectivity index (χ1v) is 6.72. The van der Waals surface area contributed by atoms with Crippen molar-refractivity contribution in [3.63, 3.8) is 0 Å². The number of aromatic amines is 1. The zero-order chi connectivity index (χ0) is 12.8. The molecular formula is C13H21N5. The molecule has 0 aliphatic carbocycles. The van der Waals surface area contributed by atoms with Crippen LogP contribution in [0.15, 0.2) is 6.33 Å². The summed E-state index contributed by atoms with van der Waals surface area (Å²) >= 11 is 0. The van der Waals surface area contributed by atoms with Crippen LogP contribution in [0.3, 0.4) is 0 Å². The van der Waals surface area contributed by atoms with Crippen molar-refractivity contribution in [1.29, 1.82) is 0 Å². The highest BCUT2D eigenvalue weighted by Crippen LogP contribution is 2.18. The minimum atomic E-state index is 0.833. The van der Waals surface area contributed by atoms with Gasteiger partial charge < -0.3 is 5.32 Å². The number of H-pyrrole nitrogens is 1. The molecule has 5 nitrogen and oxygen atoms in total. The van der Waals surface area contributed by atoms with E-state index in [9.17, 15) is 0 Å². The summed E-state index contributed by atoms with van der Waals surface area (Å²) in [7, 11) is 0. The van der Waals surface area contributed by atoms with Crippen molar-refractivity contribution in [3.05, 3.63) is 12.0 Å². The number of rotatable bonds is 7. The molecular weight excluding hydrogens is 226 g/mol. The van der Waals surface area contributed by atoms with Crippen LogP contribution >= 0.6 is 0 Å². The van der Waals surface area contributed by atoms with E-state index in [1.807, 2.05) is 6.92 Å². The lowest BCUT2D eigenvalue weighted by Gasteiger charge is -2.05. The van der Waals surface area contributed by atoms with Gasteiger partial charge in [-0.05, 0) is 13.3 Å². The zero-order valence-electron chi connectivity index (χ0n) is 11.2. The maximum atomic E-state index is 4.25. The number of nitrogens with zero attached hydrogens (tertiary/aromatic N) is 3. The number of hydrogen-bond acceptors (Lipinski definition) is 4. The summed E-state index contributed by atoms with van der Waals surface area (Å²) in [6.45, 7) is 5.15. The number of hydrogen-bond donors (Lipinski definition) is 2. The van der Waals surface area contributed by atoms with Crippen molar-refractivity contribution in [3.8, 4) is 0 Å². The van der Waals surface area contributed by atoms with Crippen molar-refractivity contribution in [2.24, 2.45) is 0 Å². The first-order valence-electron chi connectivity index (χ1n) is 6.72. The van der Waals surface area contributed by atoms with Gasteiger partial charge in [-0.2, -0.15) is 5.10 Å². The predicted molar refractivity (Wildman–Crippen MR) is 73.7 cm³/mol. The number of nitrogens with one attached hydrogen (secondary N) is 2. The molecule has 0 aliphatic heterocycles. The first kappa shape index (κ1) is 12.8. The lowest BCUT2D eigenvalue weighted by molar-refractivity contribution is 0.645. The van der Waals surface area contributed by atoms with Crippen molar-refractivity contribution in [2.45, 2.75) is 46.0 Å². The van der Waals surface area contributed by atoms with Crippen LogP contribution < -0.4 is 5.32 Å². The molecule has 0 bridgehead atoms. The molecule has 0 aromatic carbocycles. The Labute approximate surface area is 107 Å². The molecule has 2 heterocycles. The molecule has 5 heteroatoms. The number of anilines is 1. The van der Waals surface area contributed by atoms with Gasteiger partial charge >= 0.3 is 0 Å². The van der Waals surface area contributed by atoms with E-state index >= 15 is 0 Å². The summed E-state index contributed by atoms with van der Waals surface area (Å²) < 4.78 is 0. The molecule has 0 atom stereocenters. The van der Waals surface area contributed by atoms with Gasteiger partial charge in [0.1, 0.15) is 11.8 Å². The molecule has 2 rings (SSSR count). The normalized spacial score (nSPS) is 11.0. The Morgan fingerprint density at radius 1 is 1.11 bits per heavy atom. The molecule has 98 valence electrons. The number of unbranched alkanes of at least 4 members (excludes halogenated alkanes) is 4. The Morgan fingerprint density at radius 3 is 2.78 bits per heavy atom. The van der Waals surface area contributed by atoms with Gasteiger partial charge in [0.25, 0.3) is 0 Å². The van der Waals surface area contributed by atoms with Crippen molar-refractivity contribution < 1.29 is 0 Å². The molecule has 0 fully saturated rings. The third kappa shape index (κ3) is 2.97. The molecule has 0 saturated carbocycles. The van der Waals surface area contributed by atoms with Gasteiger partial charge in [0.05, 0.1) is 5.69 Å². The van der Waals surface area contributed by atoms with Gasteiger partial charge in [-0.25, -0.2) is 9.97 Å². The van der Waals surface area contributed by atoms with E-state index in [2.05, 4.69) is 32.4 Å². The average Bonchev–Trinajstić information content (AvgIpc) is 2.77. The largest absolute Gasteiger partial charge is 0.368 e. The Hall–Kier alpha value is -1.65. The average molecular weight is 247 g/mol. The minimum Gasteiger partial charge on any atom is -0.368 e. The molecule has 18 heavy (non-hydrogen) atoms. The standard InChI is InChI=1S/C13H21N5/c1-3-4-5-6-7-8-14-13-12-11(15-9-16-13)10(2)17-18-12/h9H,3-8H2,1-2H3,(H,17,18)(H,14,15,16). The Bertz CT molecular complexity index is 491. The van der Waals surface area contributed by atoms with Crippen LogP contribution in [0.25, 0.3) is 11.0 Å². The van der Waals surface area contributed by atoms with Crippen LogP contribution in [0, 0.1) is 6.92 Å². The lowest BCUT2D eigenvalue weighted by Crippen LogP contribution is -2.04. The maximum Gasteiger partial charge on any atom is 0.157 e. The molecule has 2 aromatic rings. The van der Waals surface area contributed by atoms with Crippen LogP contribution in [0.5, 0.6) is 0 Å². The summed E-state index contributed by atoms with van der Waals surface area (Å²) in [4.78, 5) is 8.47. The smallest absolute Gasteiger partial charge is 0.157 e. The summed E-state index contributed by atoms with van der Waals surface area (Å²) in [6.07, 6.45) is 7.97. The maximum absolute atomic E-state index is 4.25. The summed E-state index contributed by atoms with van der Waals surface area (Å²) in [6, 6.07) is 0. The zero-order valence-corrected chi connectivity index (χ0v) is 11.2. The molecule has 0 saturated heterocycles. The molecule has 0 spiro atoms. The molecule has 0 radical (unpaired) electrons. The van der Waals surface area contributed by atoms with Gasteiger partial charge in [-0.1, -0.05) is 32.6 Å². The van der Waals surface area contributed by atoms with E-state index in [4.69, 9.17) is 0 Å². The second-order valence-corrected chi connectivity index (χ2v) is 4.61. The highest BCUT2D eigenvalue weighted by atomic mass is 15.2.